The number of hydrogen-bond donors (Lipinski definition) is 1. The molecule has 3 fully saturated rings. The summed E-state index contributed by atoms with van der Waals surface area (Å²) in [4.78, 5) is 32.7. The zero-order valence-corrected chi connectivity index (χ0v) is 27.9. The lowest BCUT2D eigenvalue weighted by atomic mass is 9.91. The van der Waals surface area contributed by atoms with E-state index in [-0.39, 0.29) is 40.8 Å². The molecule has 1 N–H and O–H groups in total. The second-order valence-electron chi connectivity index (χ2n) is 13.8. The molecule has 3 aliphatic heterocycles. The van der Waals surface area contributed by atoms with Crippen molar-refractivity contribution in [1.82, 2.24) is 24.8 Å². The van der Waals surface area contributed by atoms with Crippen LogP contribution in [0.25, 0.3) is 32.9 Å². The maximum absolute atomic E-state index is 17.0. The summed E-state index contributed by atoms with van der Waals surface area (Å²) in [6.45, 7) is 8.45. The second-order valence-corrected chi connectivity index (χ2v) is 13.8. The van der Waals surface area contributed by atoms with Gasteiger partial charge >= 0.3 is 6.01 Å². The van der Waals surface area contributed by atoms with Crippen LogP contribution in [0.15, 0.2) is 49.2 Å². The highest BCUT2D eigenvalue weighted by molar-refractivity contribution is 6.02. The molecule has 49 heavy (non-hydrogen) atoms. The first-order valence-corrected chi connectivity index (χ1v) is 16.9. The van der Waals surface area contributed by atoms with Crippen molar-refractivity contribution in [2.24, 2.45) is 0 Å². The van der Waals surface area contributed by atoms with Crippen LogP contribution in [0.5, 0.6) is 6.01 Å². The molecule has 2 unspecified atom stereocenters. The summed E-state index contributed by atoms with van der Waals surface area (Å²) in [6.07, 6.45) is 13.7. The Morgan fingerprint density at radius 3 is 2.65 bits per heavy atom. The number of amides is 1. The normalized spacial score (nSPS) is 22.1. The number of halogens is 2. The molecular weight excluding hydrogens is 626 g/mol. The van der Waals surface area contributed by atoms with E-state index in [4.69, 9.17) is 16.1 Å². The van der Waals surface area contributed by atoms with Crippen LogP contribution >= 0.6 is 0 Å². The Morgan fingerprint density at radius 1 is 1.16 bits per heavy atom. The number of carbonyl (C=O) groups is 1. The van der Waals surface area contributed by atoms with E-state index in [2.05, 4.69) is 27.4 Å². The summed E-state index contributed by atoms with van der Waals surface area (Å²) in [5.41, 5.74) is -0.962. The summed E-state index contributed by atoms with van der Waals surface area (Å²) in [6, 6.07) is 7.52. The van der Waals surface area contributed by atoms with Crippen molar-refractivity contribution in [3.8, 4) is 29.6 Å². The molecule has 2 aromatic heterocycles. The van der Waals surface area contributed by atoms with E-state index in [9.17, 15) is 14.3 Å². The minimum Gasteiger partial charge on any atom is -0.461 e. The molecule has 1 amide bonds. The van der Waals surface area contributed by atoms with Gasteiger partial charge in [-0.2, -0.15) is 9.97 Å². The monoisotopic (exact) mass is 666 g/mol. The van der Waals surface area contributed by atoms with Crippen molar-refractivity contribution < 1.29 is 23.4 Å². The van der Waals surface area contributed by atoms with Crippen LogP contribution in [0.2, 0.25) is 0 Å². The molecule has 7 rings (SSSR count). The molecule has 5 heterocycles. The second kappa shape index (κ2) is 12.7. The average molecular weight is 667 g/mol. The molecule has 9 nitrogen and oxygen atoms in total. The maximum atomic E-state index is 17.0. The number of anilines is 1. The molecular formula is C38H40F2N6O3. The van der Waals surface area contributed by atoms with Gasteiger partial charge in [0.05, 0.1) is 28.1 Å². The number of aromatic nitrogens is 3. The number of likely N-dealkylation sites (N-methyl/N-ethyl adjacent to an activating group) is 1. The van der Waals surface area contributed by atoms with E-state index in [0.29, 0.717) is 53.5 Å². The van der Waals surface area contributed by atoms with E-state index in [1.807, 2.05) is 4.90 Å². The lowest BCUT2D eigenvalue weighted by Crippen LogP contribution is -2.55. The standard InChI is InChI=1S/C38H40F2N6O3/c1-5-25-28(39)14-13-24-11-7-12-26(31(24)25)33-32(40)34-27(21-41-33)35(43-36(42-34)49-23-38-16-9-19-46(38)20-10-17-38)45-18-8-15-37(3,48)29(22-45)44(4)30(47)6-2/h1,6-7,11-14,21,29,48H,2,8-10,15-20,22-23H2,3-4H3. The zero-order valence-electron chi connectivity index (χ0n) is 27.9. The topological polar surface area (TPSA) is 94.9 Å². The number of aliphatic hydroxyl groups is 1. The van der Waals surface area contributed by atoms with Gasteiger partial charge in [-0.1, -0.05) is 36.8 Å². The number of rotatable bonds is 7. The number of pyridine rings is 1. The van der Waals surface area contributed by atoms with Gasteiger partial charge < -0.3 is 19.6 Å². The van der Waals surface area contributed by atoms with Crippen LogP contribution < -0.4 is 9.64 Å². The molecule has 0 radical (unpaired) electrons. The van der Waals surface area contributed by atoms with Gasteiger partial charge in [0.15, 0.2) is 5.82 Å². The number of carbonyl (C=O) groups excluding carboxylic acids is 1. The first-order valence-electron chi connectivity index (χ1n) is 16.9. The molecule has 3 aliphatic rings. The molecule has 2 aromatic carbocycles. The van der Waals surface area contributed by atoms with E-state index in [1.54, 1.807) is 38.2 Å². The van der Waals surface area contributed by atoms with Crippen LogP contribution in [0.4, 0.5) is 14.6 Å². The molecule has 0 aliphatic carbocycles. The summed E-state index contributed by atoms with van der Waals surface area (Å²) >= 11 is 0. The number of nitrogens with zero attached hydrogens (tertiary/aromatic N) is 6. The fourth-order valence-corrected chi connectivity index (χ4v) is 8.19. The first kappa shape index (κ1) is 32.9. The van der Waals surface area contributed by atoms with E-state index >= 15 is 4.39 Å². The third-order valence-electron chi connectivity index (χ3n) is 10.8. The quantitative estimate of drug-likeness (QED) is 0.205. The summed E-state index contributed by atoms with van der Waals surface area (Å²) < 4.78 is 38.2. The molecule has 11 heteroatoms. The highest BCUT2D eigenvalue weighted by Crippen LogP contribution is 2.41. The number of ether oxygens (including phenoxy) is 1. The Kier molecular flexibility index (Phi) is 8.49. The highest BCUT2D eigenvalue weighted by Gasteiger charge is 2.45. The van der Waals surface area contributed by atoms with Gasteiger partial charge in [-0.25, -0.2) is 8.78 Å². The van der Waals surface area contributed by atoms with Crippen molar-refractivity contribution in [1.29, 1.82) is 0 Å². The van der Waals surface area contributed by atoms with E-state index < -0.39 is 23.3 Å². The Balaban J connectivity index is 1.38. The SMILES string of the molecule is C#Cc1c(F)ccc2cccc(-c3ncc4c(N5CCCC(C)(O)C(N(C)C(=O)C=C)C5)nc(OCC56CCCN5CCC6)nc4c3F)c12. The molecule has 0 saturated carbocycles. The van der Waals surface area contributed by atoms with Gasteiger partial charge in [-0.3, -0.25) is 14.7 Å². The van der Waals surface area contributed by atoms with Gasteiger partial charge in [0.25, 0.3) is 0 Å². The highest BCUT2D eigenvalue weighted by atomic mass is 19.1. The Morgan fingerprint density at radius 2 is 1.92 bits per heavy atom. The van der Waals surface area contributed by atoms with Crippen molar-refractivity contribution in [2.45, 2.75) is 62.6 Å². The van der Waals surface area contributed by atoms with Gasteiger partial charge in [0, 0.05) is 37.3 Å². The maximum Gasteiger partial charge on any atom is 0.319 e. The summed E-state index contributed by atoms with van der Waals surface area (Å²) in [5, 5.41) is 12.9. The smallest absolute Gasteiger partial charge is 0.319 e. The van der Waals surface area contributed by atoms with Crippen molar-refractivity contribution in [3.05, 3.63) is 66.4 Å². The van der Waals surface area contributed by atoms with Gasteiger partial charge in [-0.05, 0) is 76.1 Å². The van der Waals surface area contributed by atoms with Gasteiger partial charge in [-0.15, -0.1) is 6.42 Å². The van der Waals surface area contributed by atoms with Gasteiger partial charge in [0.2, 0.25) is 5.91 Å². The zero-order chi connectivity index (χ0) is 34.5. The lowest BCUT2D eigenvalue weighted by molar-refractivity contribution is -0.132. The van der Waals surface area contributed by atoms with Crippen molar-refractivity contribution in [3.63, 3.8) is 0 Å². The fourth-order valence-electron chi connectivity index (χ4n) is 8.19. The van der Waals surface area contributed by atoms with Crippen molar-refractivity contribution >= 4 is 33.4 Å². The fraction of sp³-hybridized carbons (Fsp3) is 0.421. The molecule has 0 bridgehead atoms. The summed E-state index contributed by atoms with van der Waals surface area (Å²) in [5.74, 6) is 1.20. The number of terminal acetylenes is 1. The van der Waals surface area contributed by atoms with E-state index in [0.717, 1.165) is 38.8 Å². The van der Waals surface area contributed by atoms with Gasteiger partial charge in [0.1, 0.15) is 29.5 Å². The Bertz CT molecular complexity index is 2000. The predicted molar refractivity (Wildman–Crippen MR) is 185 cm³/mol. The third-order valence-corrected chi connectivity index (χ3v) is 10.8. The van der Waals surface area contributed by atoms with Crippen LogP contribution in [-0.4, -0.2) is 92.8 Å². The number of hydrogen-bond acceptors (Lipinski definition) is 8. The van der Waals surface area contributed by atoms with Crippen molar-refractivity contribution in [2.75, 3.05) is 44.7 Å². The van der Waals surface area contributed by atoms with Crippen LogP contribution in [0.1, 0.15) is 51.0 Å². The Hall–Kier alpha value is -4.66. The summed E-state index contributed by atoms with van der Waals surface area (Å²) in [7, 11) is 1.64. The molecule has 254 valence electrons. The molecule has 3 saturated heterocycles. The van der Waals surface area contributed by atoms with Crippen LogP contribution in [0, 0.1) is 24.0 Å². The number of benzene rings is 2. The minimum atomic E-state index is -1.20. The van der Waals surface area contributed by atoms with Crippen LogP contribution in [0.3, 0.4) is 0 Å². The Labute approximate surface area is 284 Å². The minimum absolute atomic E-state index is 0.00376. The lowest BCUT2D eigenvalue weighted by Gasteiger charge is -2.39. The largest absolute Gasteiger partial charge is 0.461 e. The van der Waals surface area contributed by atoms with E-state index in [1.165, 1.54) is 23.2 Å². The predicted octanol–water partition coefficient (Wildman–Crippen LogP) is 5.48. The molecule has 4 aromatic rings. The van der Waals surface area contributed by atoms with Crippen LogP contribution in [-0.2, 0) is 4.79 Å². The average Bonchev–Trinajstić information content (AvgIpc) is 3.64. The molecule has 2 atom stereocenters. The third kappa shape index (κ3) is 5.67. The first-order chi connectivity index (χ1) is 23.6. The molecule has 0 spiro atoms. The number of fused-ring (bicyclic) bond motifs is 3.